The average Bonchev–Trinajstić information content (AvgIpc) is 3.49. The van der Waals surface area contributed by atoms with E-state index in [0.29, 0.717) is 11.5 Å². The Balaban J connectivity index is 1.47. The van der Waals surface area contributed by atoms with Crippen LogP contribution in [0.3, 0.4) is 0 Å². The maximum atomic E-state index is 12.9. The summed E-state index contributed by atoms with van der Waals surface area (Å²) >= 11 is 0. The van der Waals surface area contributed by atoms with Crippen LogP contribution in [0.2, 0.25) is 0 Å². The van der Waals surface area contributed by atoms with Gasteiger partial charge in [-0.25, -0.2) is 0 Å². The third-order valence-electron chi connectivity index (χ3n) is 4.90. The summed E-state index contributed by atoms with van der Waals surface area (Å²) in [6.07, 6.45) is 2.16. The minimum atomic E-state index is -0.479. The van der Waals surface area contributed by atoms with Crippen LogP contribution in [-0.4, -0.2) is 39.1 Å². The smallest absolute Gasteiger partial charge is 0.270 e. The molecule has 9 heteroatoms. The van der Waals surface area contributed by atoms with Crippen molar-refractivity contribution < 1.29 is 18.9 Å². The fraction of sp³-hybridized carbons (Fsp3) is 0.286. The molecule has 3 aromatic rings. The number of nitrogens with zero attached hydrogens (tertiary/aromatic N) is 4. The number of hydrogen-bond donors (Lipinski definition) is 0. The standard InChI is InChI=1S/C21H20N4O5/c1-29-18-9-5-14(6-10-18)11-20(26)24(16-7-8-16)13-19-22-23-21(30-19)15-3-2-4-17(12-15)25(27)28/h2-6,9-10,12,16H,7-8,11,13H2,1H3. The van der Waals surface area contributed by atoms with Gasteiger partial charge in [0.05, 0.1) is 25.0 Å². The van der Waals surface area contributed by atoms with E-state index >= 15 is 0 Å². The molecular weight excluding hydrogens is 388 g/mol. The fourth-order valence-corrected chi connectivity index (χ4v) is 3.16. The SMILES string of the molecule is COc1ccc(CC(=O)N(Cc2nnc(-c3cccc([N+](=O)[O-])c3)o2)C2CC2)cc1. The molecular formula is C21H20N4O5. The van der Waals surface area contributed by atoms with E-state index in [9.17, 15) is 14.9 Å². The van der Waals surface area contributed by atoms with E-state index in [-0.39, 0.29) is 36.5 Å². The summed E-state index contributed by atoms with van der Waals surface area (Å²) in [6.45, 7) is 0.210. The lowest BCUT2D eigenvalue weighted by molar-refractivity contribution is -0.384. The summed E-state index contributed by atoms with van der Waals surface area (Å²) in [5, 5.41) is 19.0. The van der Waals surface area contributed by atoms with Gasteiger partial charge in [-0.05, 0) is 36.6 Å². The van der Waals surface area contributed by atoms with Gasteiger partial charge in [-0.15, -0.1) is 10.2 Å². The number of hydrogen-bond acceptors (Lipinski definition) is 7. The number of methoxy groups -OCH3 is 1. The second-order valence-electron chi connectivity index (χ2n) is 7.09. The zero-order chi connectivity index (χ0) is 21.1. The van der Waals surface area contributed by atoms with E-state index in [2.05, 4.69) is 10.2 Å². The Bertz CT molecular complexity index is 1060. The average molecular weight is 408 g/mol. The van der Waals surface area contributed by atoms with Crippen molar-refractivity contribution in [2.24, 2.45) is 0 Å². The molecule has 30 heavy (non-hydrogen) atoms. The lowest BCUT2D eigenvalue weighted by Crippen LogP contribution is -2.33. The second kappa shape index (κ2) is 8.32. The lowest BCUT2D eigenvalue weighted by Gasteiger charge is -2.20. The molecule has 1 aromatic heterocycles. The second-order valence-corrected chi connectivity index (χ2v) is 7.09. The van der Waals surface area contributed by atoms with Crippen molar-refractivity contribution in [3.8, 4) is 17.2 Å². The molecule has 0 radical (unpaired) electrons. The van der Waals surface area contributed by atoms with E-state index in [1.807, 2.05) is 24.3 Å². The molecule has 1 fully saturated rings. The van der Waals surface area contributed by atoms with Gasteiger partial charge < -0.3 is 14.1 Å². The third kappa shape index (κ3) is 4.45. The quantitative estimate of drug-likeness (QED) is 0.415. The topological polar surface area (TPSA) is 112 Å². The Morgan fingerprint density at radius 2 is 2.00 bits per heavy atom. The van der Waals surface area contributed by atoms with Crippen LogP contribution in [0.4, 0.5) is 5.69 Å². The highest BCUT2D eigenvalue weighted by Crippen LogP contribution is 2.30. The van der Waals surface area contributed by atoms with Crippen molar-refractivity contribution in [2.45, 2.75) is 31.8 Å². The molecule has 2 aromatic carbocycles. The molecule has 1 amide bonds. The maximum Gasteiger partial charge on any atom is 0.270 e. The van der Waals surface area contributed by atoms with Gasteiger partial charge in [0.2, 0.25) is 17.7 Å². The predicted molar refractivity (Wildman–Crippen MR) is 107 cm³/mol. The van der Waals surface area contributed by atoms with Crippen LogP contribution in [0, 0.1) is 10.1 Å². The van der Waals surface area contributed by atoms with Crippen LogP contribution in [0.25, 0.3) is 11.5 Å². The summed E-state index contributed by atoms with van der Waals surface area (Å²) in [7, 11) is 1.60. The number of non-ortho nitro benzene ring substituents is 1. The van der Waals surface area contributed by atoms with Gasteiger partial charge in [0.25, 0.3) is 5.69 Å². The molecule has 1 saturated carbocycles. The van der Waals surface area contributed by atoms with E-state index in [4.69, 9.17) is 9.15 Å². The molecule has 9 nitrogen and oxygen atoms in total. The summed E-state index contributed by atoms with van der Waals surface area (Å²) in [6, 6.07) is 13.6. The number of ether oxygens (including phenoxy) is 1. The molecule has 0 atom stereocenters. The van der Waals surface area contributed by atoms with Crippen molar-refractivity contribution in [1.82, 2.24) is 15.1 Å². The minimum Gasteiger partial charge on any atom is -0.497 e. The molecule has 0 saturated heterocycles. The van der Waals surface area contributed by atoms with Gasteiger partial charge in [-0.2, -0.15) is 0 Å². The maximum absolute atomic E-state index is 12.9. The van der Waals surface area contributed by atoms with Gasteiger partial charge in [0.1, 0.15) is 5.75 Å². The number of amides is 1. The number of nitro benzene ring substituents is 1. The summed E-state index contributed by atoms with van der Waals surface area (Å²) in [5.74, 6) is 1.21. The normalized spacial score (nSPS) is 13.1. The van der Waals surface area contributed by atoms with Crippen LogP contribution in [-0.2, 0) is 17.8 Å². The van der Waals surface area contributed by atoms with Gasteiger partial charge in [0, 0.05) is 23.7 Å². The number of rotatable bonds is 8. The monoisotopic (exact) mass is 408 g/mol. The number of benzene rings is 2. The highest BCUT2D eigenvalue weighted by atomic mass is 16.6. The van der Waals surface area contributed by atoms with Crippen LogP contribution in [0.1, 0.15) is 24.3 Å². The van der Waals surface area contributed by atoms with Crippen molar-refractivity contribution in [3.05, 3.63) is 70.1 Å². The fourth-order valence-electron chi connectivity index (χ4n) is 3.16. The molecule has 0 N–H and O–H groups in total. The molecule has 154 valence electrons. The number of nitro groups is 1. The first-order chi connectivity index (χ1) is 14.5. The largest absolute Gasteiger partial charge is 0.497 e. The van der Waals surface area contributed by atoms with Crippen LogP contribution >= 0.6 is 0 Å². The van der Waals surface area contributed by atoms with E-state index in [1.54, 1.807) is 24.1 Å². The Hall–Kier alpha value is -3.75. The van der Waals surface area contributed by atoms with Gasteiger partial charge in [-0.1, -0.05) is 18.2 Å². The Morgan fingerprint density at radius 1 is 1.23 bits per heavy atom. The molecule has 4 rings (SSSR count). The number of aromatic nitrogens is 2. The molecule has 0 spiro atoms. The molecule has 0 bridgehead atoms. The van der Waals surface area contributed by atoms with Crippen molar-refractivity contribution in [2.75, 3.05) is 7.11 Å². The van der Waals surface area contributed by atoms with Crippen molar-refractivity contribution >= 4 is 11.6 Å². The number of carbonyl (C=O) groups is 1. The van der Waals surface area contributed by atoms with E-state index < -0.39 is 4.92 Å². The minimum absolute atomic E-state index is 0.0160. The first kappa shape index (κ1) is 19.6. The highest BCUT2D eigenvalue weighted by molar-refractivity contribution is 5.79. The van der Waals surface area contributed by atoms with Gasteiger partial charge in [-0.3, -0.25) is 14.9 Å². The summed E-state index contributed by atoms with van der Waals surface area (Å²) in [5.41, 5.74) is 1.31. The highest BCUT2D eigenvalue weighted by Gasteiger charge is 2.33. The Morgan fingerprint density at radius 3 is 2.67 bits per heavy atom. The predicted octanol–water partition coefficient (Wildman–Crippen LogP) is 3.39. The van der Waals surface area contributed by atoms with Crippen molar-refractivity contribution in [1.29, 1.82) is 0 Å². The van der Waals surface area contributed by atoms with Crippen LogP contribution in [0.15, 0.2) is 52.9 Å². The Kier molecular flexibility index (Phi) is 5.42. The first-order valence-corrected chi connectivity index (χ1v) is 9.53. The number of carbonyl (C=O) groups excluding carboxylic acids is 1. The van der Waals surface area contributed by atoms with E-state index in [1.165, 1.54) is 12.1 Å². The third-order valence-corrected chi connectivity index (χ3v) is 4.90. The summed E-state index contributed by atoms with van der Waals surface area (Å²) in [4.78, 5) is 25.1. The van der Waals surface area contributed by atoms with E-state index in [0.717, 1.165) is 24.2 Å². The molecule has 0 unspecified atom stereocenters. The lowest BCUT2D eigenvalue weighted by atomic mass is 10.1. The zero-order valence-corrected chi connectivity index (χ0v) is 16.4. The van der Waals surface area contributed by atoms with Gasteiger partial charge in [0.15, 0.2) is 0 Å². The van der Waals surface area contributed by atoms with Crippen LogP contribution in [0.5, 0.6) is 5.75 Å². The zero-order valence-electron chi connectivity index (χ0n) is 16.4. The van der Waals surface area contributed by atoms with Crippen molar-refractivity contribution in [3.63, 3.8) is 0 Å². The molecule has 1 aliphatic rings. The van der Waals surface area contributed by atoms with Crippen LogP contribution < -0.4 is 4.74 Å². The molecule has 1 aliphatic carbocycles. The first-order valence-electron chi connectivity index (χ1n) is 9.53. The molecule has 1 heterocycles. The Labute approximate surface area is 172 Å². The van der Waals surface area contributed by atoms with Gasteiger partial charge >= 0.3 is 0 Å². The summed E-state index contributed by atoms with van der Waals surface area (Å²) < 4.78 is 10.8. The molecule has 0 aliphatic heterocycles.